The summed E-state index contributed by atoms with van der Waals surface area (Å²) in [5, 5.41) is 4.37. The maximum atomic E-state index is 13.9. The molecule has 1 saturated carbocycles. The average Bonchev–Trinajstić information content (AvgIpc) is 3.60. The Morgan fingerprint density at radius 1 is 1.00 bits per heavy atom. The molecular weight excluding hydrogens is 596 g/mol. The normalized spacial score (nSPS) is 15.0. The summed E-state index contributed by atoms with van der Waals surface area (Å²) in [6.07, 6.45) is 6.01. The predicted octanol–water partition coefficient (Wildman–Crippen LogP) is 7.09. The van der Waals surface area contributed by atoms with Crippen LogP contribution < -0.4 is 19.5 Å². The summed E-state index contributed by atoms with van der Waals surface area (Å²) in [6.45, 7) is 4.97. The van der Waals surface area contributed by atoms with Crippen molar-refractivity contribution in [2.75, 3.05) is 27.9 Å². The Morgan fingerprint density at radius 2 is 1.81 bits per heavy atom. The van der Waals surface area contributed by atoms with Crippen LogP contribution in [0.3, 0.4) is 0 Å². The SMILES string of the molecule is COC(=O)c1cc2[nH]c(C(C)(C)NC(=O)c3ccc4c(C5CCCCC5)c5n(c4c3)CCOc3cc(OC)ccc3-5)nc2cc1OC. The van der Waals surface area contributed by atoms with E-state index in [4.69, 9.17) is 23.9 Å². The molecule has 2 N–H and O–H groups in total. The lowest BCUT2D eigenvalue weighted by atomic mass is 9.81. The van der Waals surface area contributed by atoms with Crippen molar-refractivity contribution in [2.24, 2.45) is 0 Å². The Morgan fingerprint density at radius 3 is 2.55 bits per heavy atom. The van der Waals surface area contributed by atoms with Crippen LogP contribution in [0.2, 0.25) is 0 Å². The Balaban J connectivity index is 1.26. The van der Waals surface area contributed by atoms with Crippen LogP contribution in [0.15, 0.2) is 48.5 Å². The van der Waals surface area contributed by atoms with E-state index >= 15 is 0 Å². The van der Waals surface area contributed by atoms with Crippen LogP contribution >= 0.6 is 0 Å². The van der Waals surface area contributed by atoms with Gasteiger partial charge >= 0.3 is 5.97 Å². The summed E-state index contributed by atoms with van der Waals surface area (Å²) in [5.74, 6) is 2.23. The highest BCUT2D eigenvalue weighted by molar-refractivity contribution is 6.02. The number of aromatic nitrogens is 3. The van der Waals surface area contributed by atoms with Gasteiger partial charge in [-0.15, -0.1) is 0 Å². The Bertz CT molecular complexity index is 2020. The fourth-order valence-electron chi connectivity index (χ4n) is 7.22. The molecule has 244 valence electrons. The van der Waals surface area contributed by atoms with Gasteiger partial charge in [-0.05, 0) is 68.5 Å². The average molecular weight is 637 g/mol. The fourth-order valence-corrected chi connectivity index (χ4v) is 7.22. The number of carbonyl (C=O) groups excluding carboxylic acids is 2. The number of hydrogen-bond acceptors (Lipinski definition) is 7. The first-order valence-electron chi connectivity index (χ1n) is 16.2. The molecule has 10 nitrogen and oxygen atoms in total. The molecule has 47 heavy (non-hydrogen) atoms. The van der Waals surface area contributed by atoms with Gasteiger partial charge in [-0.3, -0.25) is 4.79 Å². The summed E-state index contributed by atoms with van der Waals surface area (Å²) >= 11 is 0. The maximum Gasteiger partial charge on any atom is 0.341 e. The Kier molecular flexibility index (Phi) is 7.82. The van der Waals surface area contributed by atoms with Crippen LogP contribution in [0.1, 0.15) is 84.0 Å². The van der Waals surface area contributed by atoms with Crippen molar-refractivity contribution in [3.05, 3.63) is 71.0 Å². The van der Waals surface area contributed by atoms with E-state index in [2.05, 4.69) is 27.0 Å². The standard InChI is InChI=1S/C37H40N4O6/c1-37(2,36-38-27-19-26(35(43)46-5)30(45-4)20-28(27)39-36)40-34(42)22-11-13-24-29(17-22)41-15-16-47-31-18-23(44-3)12-14-25(31)33(41)32(24)21-9-7-6-8-10-21/h11-14,17-21H,6-10,15-16H2,1-5H3,(H,38,39)(H,40,42). The number of rotatable bonds is 7. The molecule has 1 aliphatic carbocycles. The number of esters is 1. The summed E-state index contributed by atoms with van der Waals surface area (Å²) in [7, 11) is 4.49. The van der Waals surface area contributed by atoms with Crippen molar-refractivity contribution >= 4 is 33.8 Å². The van der Waals surface area contributed by atoms with E-state index < -0.39 is 11.5 Å². The number of hydrogen-bond donors (Lipinski definition) is 2. The van der Waals surface area contributed by atoms with Crippen LogP contribution in [0, 0.1) is 0 Å². The molecule has 1 aliphatic heterocycles. The first-order chi connectivity index (χ1) is 22.7. The minimum absolute atomic E-state index is 0.213. The number of methoxy groups -OCH3 is 3. The molecule has 1 fully saturated rings. The lowest BCUT2D eigenvalue weighted by Gasteiger charge is -2.24. The zero-order valence-electron chi connectivity index (χ0n) is 27.5. The lowest BCUT2D eigenvalue weighted by Crippen LogP contribution is -2.41. The number of fused-ring (bicyclic) bond motifs is 6. The third-order valence-corrected chi connectivity index (χ3v) is 9.62. The molecule has 0 unspecified atom stereocenters. The molecule has 3 aromatic carbocycles. The summed E-state index contributed by atoms with van der Waals surface area (Å²) in [6, 6.07) is 15.5. The minimum Gasteiger partial charge on any atom is -0.497 e. The van der Waals surface area contributed by atoms with E-state index in [1.807, 2.05) is 38.1 Å². The third kappa shape index (κ3) is 5.35. The number of carbonyl (C=O) groups is 2. The van der Waals surface area contributed by atoms with Crippen molar-refractivity contribution < 1.29 is 28.5 Å². The van der Waals surface area contributed by atoms with Crippen LogP contribution in [0.25, 0.3) is 33.2 Å². The van der Waals surface area contributed by atoms with E-state index in [-0.39, 0.29) is 5.91 Å². The molecule has 0 atom stereocenters. The smallest absolute Gasteiger partial charge is 0.341 e. The molecule has 3 heterocycles. The van der Waals surface area contributed by atoms with Crippen molar-refractivity contribution in [1.29, 1.82) is 0 Å². The topological polar surface area (TPSA) is 117 Å². The van der Waals surface area contributed by atoms with Gasteiger partial charge < -0.3 is 33.8 Å². The molecular formula is C37H40N4O6. The Hall–Kier alpha value is -4.99. The summed E-state index contributed by atoms with van der Waals surface area (Å²) in [5.41, 5.74) is 5.87. The maximum absolute atomic E-state index is 13.9. The zero-order valence-corrected chi connectivity index (χ0v) is 27.5. The minimum atomic E-state index is -0.862. The molecule has 7 rings (SSSR count). The van der Waals surface area contributed by atoms with E-state index in [0.29, 0.717) is 52.8 Å². The zero-order chi connectivity index (χ0) is 32.9. The predicted molar refractivity (Wildman–Crippen MR) is 180 cm³/mol. The number of amides is 1. The van der Waals surface area contributed by atoms with Gasteiger partial charge in [-0.2, -0.15) is 0 Å². The number of ether oxygens (including phenoxy) is 4. The van der Waals surface area contributed by atoms with Crippen molar-refractivity contribution in [2.45, 2.75) is 64.0 Å². The quantitative estimate of drug-likeness (QED) is 0.183. The van der Waals surface area contributed by atoms with Crippen molar-refractivity contribution in [1.82, 2.24) is 19.9 Å². The first kappa shape index (κ1) is 30.7. The highest BCUT2D eigenvalue weighted by Crippen LogP contribution is 2.47. The number of nitrogens with one attached hydrogen (secondary N) is 2. The van der Waals surface area contributed by atoms with Crippen LogP contribution in [-0.4, -0.2) is 54.3 Å². The second kappa shape index (κ2) is 12.0. The molecule has 0 bridgehead atoms. The van der Waals surface area contributed by atoms with Crippen molar-refractivity contribution in [3.8, 4) is 28.5 Å². The number of nitrogens with zero attached hydrogens (tertiary/aromatic N) is 2. The van der Waals surface area contributed by atoms with Gasteiger partial charge in [0.25, 0.3) is 5.91 Å². The third-order valence-electron chi connectivity index (χ3n) is 9.62. The Labute approximate surface area is 273 Å². The molecule has 0 spiro atoms. The molecule has 0 radical (unpaired) electrons. The van der Waals surface area contributed by atoms with Gasteiger partial charge in [-0.1, -0.05) is 25.3 Å². The van der Waals surface area contributed by atoms with Gasteiger partial charge in [0.05, 0.1) is 50.1 Å². The highest BCUT2D eigenvalue weighted by atomic mass is 16.5. The van der Waals surface area contributed by atoms with Gasteiger partial charge in [-0.25, -0.2) is 9.78 Å². The van der Waals surface area contributed by atoms with E-state index in [1.165, 1.54) is 50.1 Å². The number of benzene rings is 3. The number of H-pyrrole nitrogens is 1. The number of aromatic amines is 1. The van der Waals surface area contributed by atoms with Crippen LogP contribution in [-0.2, 0) is 16.8 Å². The fraction of sp³-hybridized carbons (Fsp3) is 0.378. The monoisotopic (exact) mass is 636 g/mol. The molecule has 2 aromatic heterocycles. The highest BCUT2D eigenvalue weighted by Gasteiger charge is 2.32. The van der Waals surface area contributed by atoms with Gasteiger partial charge in [0.2, 0.25) is 0 Å². The van der Waals surface area contributed by atoms with Gasteiger partial charge in [0.15, 0.2) is 0 Å². The van der Waals surface area contributed by atoms with Crippen LogP contribution in [0.4, 0.5) is 0 Å². The molecule has 2 aliphatic rings. The molecule has 1 amide bonds. The van der Waals surface area contributed by atoms with E-state index in [9.17, 15) is 9.59 Å². The molecule has 5 aromatic rings. The second-order valence-electron chi connectivity index (χ2n) is 12.9. The first-order valence-corrected chi connectivity index (χ1v) is 16.2. The molecule has 0 saturated heterocycles. The van der Waals surface area contributed by atoms with Gasteiger partial charge in [0, 0.05) is 34.2 Å². The van der Waals surface area contributed by atoms with Crippen molar-refractivity contribution in [3.63, 3.8) is 0 Å². The van der Waals surface area contributed by atoms with Crippen LogP contribution in [0.5, 0.6) is 17.2 Å². The van der Waals surface area contributed by atoms with E-state index in [1.54, 1.807) is 19.2 Å². The molecule has 10 heteroatoms. The van der Waals surface area contributed by atoms with Gasteiger partial charge in [0.1, 0.15) is 35.2 Å². The number of imidazole rings is 1. The summed E-state index contributed by atoms with van der Waals surface area (Å²) < 4.78 is 24.4. The second-order valence-corrected chi connectivity index (χ2v) is 12.9. The summed E-state index contributed by atoms with van der Waals surface area (Å²) in [4.78, 5) is 34.2. The lowest BCUT2D eigenvalue weighted by molar-refractivity contribution is 0.0597. The van der Waals surface area contributed by atoms with E-state index in [0.717, 1.165) is 35.4 Å². The largest absolute Gasteiger partial charge is 0.497 e.